The van der Waals surface area contributed by atoms with Crippen molar-refractivity contribution >= 4 is 29.0 Å². The summed E-state index contributed by atoms with van der Waals surface area (Å²) in [6.45, 7) is 7.33. The lowest BCUT2D eigenvalue weighted by atomic mass is 9.99. The molecule has 0 aromatic rings. The first-order valence-corrected chi connectivity index (χ1v) is 7.01. The molecule has 0 radical (unpaired) electrons. The molecule has 1 aliphatic heterocycles. The molecule has 20 heavy (non-hydrogen) atoms. The van der Waals surface area contributed by atoms with Gasteiger partial charge in [0, 0.05) is 26.1 Å². The number of hydrogen-bond donors (Lipinski definition) is 1. The van der Waals surface area contributed by atoms with E-state index in [1.54, 1.807) is 13.8 Å². The zero-order valence-electron chi connectivity index (χ0n) is 12.2. The van der Waals surface area contributed by atoms with Crippen LogP contribution in [0.5, 0.6) is 0 Å². The standard InChI is InChI=1S/C13H22N2O4S/c1-13(2,11(16)12(17)18-3)14-10(20)4-5-15-6-8-19-9-7-15/h4-9H2,1-3H3,(H,14,20). The van der Waals surface area contributed by atoms with Crippen LogP contribution in [0, 0.1) is 0 Å². The molecule has 1 aliphatic rings. The van der Waals surface area contributed by atoms with E-state index in [4.69, 9.17) is 17.0 Å². The molecular weight excluding hydrogens is 280 g/mol. The van der Waals surface area contributed by atoms with Crippen LogP contribution >= 0.6 is 12.2 Å². The number of nitrogens with zero attached hydrogens (tertiary/aromatic N) is 1. The zero-order chi connectivity index (χ0) is 15.2. The number of hydrogen-bond acceptors (Lipinski definition) is 6. The maximum absolute atomic E-state index is 11.8. The topological polar surface area (TPSA) is 67.9 Å². The first kappa shape index (κ1) is 17.0. The summed E-state index contributed by atoms with van der Waals surface area (Å²) >= 11 is 5.24. The lowest BCUT2D eigenvalue weighted by Gasteiger charge is -2.28. The fourth-order valence-electron chi connectivity index (χ4n) is 1.90. The number of methoxy groups -OCH3 is 1. The van der Waals surface area contributed by atoms with Crippen molar-refractivity contribution in [2.45, 2.75) is 25.8 Å². The van der Waals surface area contributed by atoms with Crippen molar-refractivity contribution in [2.75, 3.05) is 40.0 Å². The minimum atomic E-state index is -1.05. The molecule has 0 unspecified atom stereocenters. The number of nitrogens with one attached hydrogen (secondary N) is 1. The summed E-state index contributed by atoms with van der Waals surface area (Å²) in [5.41, 5.74) is -1.05. The van der Waals surface area contributed by atoms with Gasteiger partial charge in [-0.1, -0.05) is 12.2 Å². The zero-order valence-corrected chi connectivity index (χ0v) is 13.0. The lowest BCUT2D eigenvalue weighted by molar-refractivity contribution is -0.153. The fraction of sp³-hybridized carbons (Fsp3) is 0.769. The molecule has 1 rings (SSSR count). The van der Waals surface area contributed by atoms with Gasteiger partial charge in [0.1, 0.15) is 5.54 Å². The summed E-state index contributed by atoms with van der Waals surface area (Å²) < 4.78 is 9.71. The normalized spacial score (nSPS) is 16.6. The highest BCUT2D eigenvalue weighted by atomic mass is 32.1. The Morgan fingerprint density at radius 3 is 2.50 bits per heavy atom. The Kier molecular flexibility index (Phi) is 6.51. The highest BCUT2D eigenvalue weighted by Crippen LogP contribution is 2.07. The smallest absolute Gasteiger partial charge is 0.376 e. The Morgan fingerprint density at radius 1 is 1.35 bits per heavy atom. The molecule has 1 saturated heterocycles. The average molecular weight is 302 g/mol. The van der Waals surface area contributed by atoms with E-state index >= 15 is 0 Å². The number of Topliss-reactive ketones (excluding diaryl/α,β-unsaturated/α-hetero) is 1. The van der Waals surface area contributed by atoms with Crippen LogP contribution in [-0.2, 0) is 19.1 Å². The molecule has 7 heteroatoms. The van der Waals surface area contributed by atoms with E-state index in [0.717, 1.165) is 32.8 Å². The summed E-state index contributed by atoms with van der Waals surface area (Å²) in [6, 6.07) is 0. The quantitative estimate of drug-likeness (QED) is 0.425. The van der Waals surface area contributed by atoms with Crippen LogP contribution in [0.1, 0.15) is 20.3 Å². The third kappa shape index (κ3) is 5.15. The molecule has 0 amide bonds. The maximum Gasteiger partial charge on any atom is 0.376 e. The van der Waals surface area contributed by atoms with Gasteiger partial charge in [0.25, 0.3) is 5.78 Å². The van der Waals surface area contributed by atoms with Crippen molar-refractivity contribution < 1.29 is 19.1 Å². The molecule has 0 bridgehead atoms. The van der Waals surface area contributed by atoms with E-state index in [-0.39, 0.29) is 0 Å². The Hall–Kier alpha value is -1.05. The molecule has 0 spiro atoms. The number of morpholine rings is 1. The number of carbonyl (C=O) groups is 2. The van der Waals surface area contributed by atoms with Crippen molar-refractivity contribution in [3.05, 3.63) is 0 Å². The summed E-state index contributed by atoms with van der Waals surface area (Å²) in [4.78, 5) is 25.9. The van der Waals surface area contributed by atoms with E-state index < -0.39 is 17.3 Å². The fourth-order valence-corrected chi connectivity index (χ4v) is 2.25. The molecular formula is C13H22N2O4S. The van der Waals surface area contributed by atoms with Crippen molar-refractivity contribution in [3.8, 4) is 0 Å². The van der Waals surface area contributed by atoms with E-state index in [9.17, 15) is 9.59 Å². The van der Waals surface area contributed by atoms with E-state index in [2.05, 4.69) is 15.0 Å². The van der Waals surface area contributed by atoms with Gasteiger partial charge in [-0.05, 0) is 13.8 Å². The van der Waals surface area contributed by atoms with E-state index in [1.807, 2.05) is 0 Å². The minimum absolute atomic E-state index is 0.568. The van der Waals surface area contributed by atoms with Gasteiger partial charge in [-0.3, -0.25) is 9.69 Å². The number of ether oxygens (including phenoxy) is 2. The predicted octanol–water partition coefficient (Wildman–Crippen LogP) is 0.146. The summed E-state index contributed by atoms with van der Waals surface area (Å²) in [6.07, 6.45) is 0.646. The van der Waals surface area contributed by atoms with Gasteiger partial charge in [-0.15, -0.1) is 0 Å². The minimum Gasteiger partial charge on any atom is -0.463 e. The molecule has 6 nitrogen and oxygen atoms in total. The second-order valence-corrected chi connectivity index (χ2v) is 5.69. The summed E-state index contributed by atoms with van der Waals surface area (Å²) in [5, 5.41) is 2.93. The second-order valence-electron chi connectivity index (χ2n) is 5.20. The first-order valence-electron chi connectivity index (χ1n) is 6.60. The number of carbonyl (C=O) groups excluding carboxylic acids is 2. The highest BCUT2D eigenvalue weighted by Gasteiger charge is 2.34. The molecule has 114 valence electrons. The summed E-state index contributed by atoms with van der Waals surface area (Å²) in [5.74, 6) is -1.49. The highest BCUT2D eigenvalue weighted by molar-refractivity contribution is 7.80. The molecule has 0 aromatic heterocycles. The Labute approximate surface area is 124 Å². The van der Waals surface area contributed by atoms with Crippen LogP contribution in [0.3, 0.4) is 0 Å². The van der Waals surface area contributed by atoms with Gasteiger partial charge in [0.2, 0.25) is 0 Å². The molecule has 1 fully saturated rings. The van der Waals surface area contributed by atoms with Gasteiger partial charge in [0.15, 0.2) is 0 Å². The van der Waals surface area contributed by atoms with Crippen molar-refractivity contribution in [1.82, 2.24) is 10.2 Å². The van der Waals surface area contributed by atoms with Crippen LogP contribution in [0.4, 0.5) is 0 Å². The first-order chi connectivity index (χ1) is 9.36. The lowest BCUT2D eigenvalue weighted by Crippen LogP contribution is -2.52. The van der Waals surface area contributed by atoms with Crippen LogP contribution in [0.25, 0.3) is 0 Å². The van der Waals surface area contributed by atoms with E-state index in [0.29, 0.717) is 11.4 Å². The van der Waals surface area contributed by atoms with Crippen LogP contribution in [-0.4, -0.2) is 67.1 Å². The predicted molar refractivity (Wildman–Crippen MR) is 78.7 cm³/mol. The third-order valence-corrected chi connectivity index (χ3v) is 3.46. The number of rotatable bonds is 6. The monoisotopic (exact) mass is 302 g/mol. The average Bonchev–Trinajstić information content (AvgIpc) is 2.44. The molecule has 0 aromatic carbocycles. The van der Waals surface area contributed by atoms with Crippen molar-refractivity contribution in [3.63, 3.8) is 0 Å². The Morgan fingerprint density at radius 2 is 1.95 bits per heavy atom. The molecule has 1 N–H and O–H groups in total. The Balaban J connectivity index is 2.40. The molecule has 1 heterocycles. The van der Waals surface area contributed by atoms with Gasteiger partial charge >= 0.3 is 5.97 Å². The Bertz CT molecular complexity index is 379. The van der Waals surface area contributed by atoms with E-state index in [1.165, 1.54) is 7.11 Å². The van der Waals surface area contributed by atoms with Gasteiger partial charge in [-0.2, -0.15) is 0 Å². The largest absolute Gasteiger partial charge is 0.463 e. The summed E-state index contributed by atoms with van der Waals surface area (Å²) in [7, 11) is 1.19. The van der Waals surface area contributed by atoms with Crippen molar-refractivity contribution in [2.24, 2.45) is 0 Å². The van der Waals surface area contributed by atoms with Gasteiger partial charge in [-0.25, -0.2) is 4.79 Å². The maximum atomic E-state index is 11.8. The van der Waals surface area contributed by atoms with Gasteiger partial charge in [0.05, 0.1) is 25.3 Å². The van der Waals surface area contributed by atoms with Crippen molar-refractivity contribution in [1.29, 1.82) is 0 Å². The number of thiocarbonyl (C=S) groups is 1. The molecule has 0 aliphatic carbocycles. The third-order valence-electron chi connectivity index (χ3n) is 3.15. The van der Waals surface area contributed by atoms with Crippen LogP contribution in [0.15, 0.2) is 0 Å². The number of ketones is 1. The van der Waals surface area contributed by atoms with Crippen LogP contribution < -0.4 is 5.32 Å². The molecule has 0 saturated carbocycles. The second kappa shape index (κ2) is 7.66. The SMILES string of the molecule is COC(=O)C(=O)C(C)(C)NC(=S)CCN1CCOCC1. The van der Waals surface area contributed by atoms with Crippen LogP contribution in [0.2, 0.25) is 0 Å². The number of esters is 1. The molecule has 0 atom stereocenters. The van der Waals surface area contributed by atoms with Gasteiger partial charge < -0.3 is 14.8 Å².